The van der Waals surface area contributed by atoms with Crippen LogP contribution in [0.15, 0.2) is 24.3 Å². The number of rotatable bonds is 5. The highest BCUT2D eigenvalue weighted by atomic mass is 16.5. The van der Waals surface area contributed by atoms with E-state index in [1.165, 1.54) is 6.42 Å². The number of hydrogen-bond donors (Lipinski definition) is 2. The van der Waals surface area contributed by atoms with Crippen molar-refractivity contribution < 1.29 is 19.4 Å². The maximum atomic E-state index is 12.3. The molecule has 1 aliphatic carbocycles. The van der Waals surface area contributed by atoms with E-state index in [9.17, 15) is 14.7 Å². The van der Waals surface area contributed by atoms with Crippen molar-refractivity contribution >= 4 is 17.5 Å². The third-order valence-electron chi connectivity index (χ3n) is 5.44. The molecule has 3 rings (SSSR count). The second-order valence-corrected chi connectivity index (χ2v) is 7.15. The zero-order chi connectivity index (χ0) is 18.5. The van der Waals surface area contributed by atoms with Crippen LogP contribution < -0.4 is 5.32 Å². The number of nitrogens with one attached hydrogen (secondary N) is 1. The van der Waals surface area contributed by atoms with Gasteiger partial charge < -0.3 is 20.1 Å². The van der Waals surface area contributed by atoms with E-state index in [-0.39, 0.29) is 30.4 Å². The summed E-state index contributed by atoms with van der Waals surface area (Å²) < 4.78 is 5.30. The molecule has 0 aromatic heterocycles. The van der Waals surface area contributed by atoms with Crippen LogP contribution in [0.1, 0.15) is 50.7 Å². The normalized spacial score (nSPS) is 22.9. The molecule has 2 amide bonds. The highest BCUT2D eigenvalue weighted by Crippen LogP contribution is 2.27. The SMILES string of the molecule is CCN1C(=O)COC[C@@H]1[C@H](O)c1ccc(NC(=O)C2CCCCC2)cc1. The van der Waals surface area contributed by atoms with Gasteiger partial charge in [0.25, 0.3) is 0 Å². The van der Waals surface area contributed by atoms with Gasteiger partial charge in [0.15, 0.2) is 0 Å². The maximum absolute atomic E-state index is 12.3. The van der Waals surface area contributed by atoms with Crippen LogP contribution in [-0.4, -0.2) is 47.6 Å². The third-order valence-corrected chi connectivity index (χ3v) is 5.44. The second-order valence-electron chi connectivity index (χ2n) is 7.15. The molecule has 1 aliphatic heterocycles. The Labute approximate surface area is 154 Å². The van der Waals surface area contributed by atoms with Gasteiger partial charge in [-0.15, -0.1) is 0 Å². The van der Waals surface area contributed by atoms with E-state index in [1.807, 2.05) is 6.92 Å². The summed E-state index contributed by atoms with van der Waals surface area (Å²) >= 11 is 0. The number of amides is 2. The molecule has 0 spiro atoms. The molecule has 6 nitrogen and oxygen atoms in total. The molecular formula is C20H28N2O4. The van der Waals surface area contributed by atoms with Crippen LogP contribution in [0.25, 0.3) is 0 Å². The number of ether oxygens (including phenoxy) is 1. The van der Waals surface area contributed by atoms with E-state index < -0.39 is 6.10 Å². The molecule has 142 valence electrons. The first-order valence-electron chi connectivity index (χ1n) is 9.56. The number of aliphatic hydroxyl groups excluding tert-OH is 1. The van der Waals surface area contributed by atoms with Gasteiger partial charge in [-0.2, -0.15) is 0 Å². The number of morpholine rings is 1. The minimum Gasteiger partial charge on any atom is -0.386 e. The zero-order valence-electron chi connectivity index (χ0n) is 15.3. The molecule has 26 heavy (non-hydrogen) atoms. The van der Waals surface area contributed by atoms with Crippen LogP contribution in [0, 0.1) is 5.92 Å². The Hall–Kier alpha value is -1.92. The van der Waals surface area contributed by atoms with Gasteiger partial charge in [-0.05, 0) is 37.5 Å². The summed E-state index contributed by atoms with van der Waals surface area (Å²) in [5.41, 5.74) is 1.45. The lowest BCUT2D eigenvalue weighted by Gasteiger charge is -2.37. The first kappa shape index (κ1) is 18.9. The van der Waals surface area contributed by atoms with E-state index in [1.54, 1.807) is 29.2 Å². The van der Waals surface area contributed by atoms with E-state index in [2.05, 4.69) is 5.32 Å². The van der Waals surface area contributed by atoms with Gasteiger partial charge in [-0.1, -0.05) is 31.4 Å². The van der Waals surface area contributed by atoms with E-state index in [0.29, 0.717) is 18.7 Å². The topological polar surface area (TPSA) is 78.9 Å². The van der Waals surface area contributed by atoms with Crippen molar-refractivity contribution in [3.05, 3.63) is 29.8 Å². The average molecular weight is 360 g/mol. The van der Waals surface area contributed by atoms with Crippen molar-refractivity contribution in [2.75, 3.05) is 25.1 Å². The summed E-state index contributed by atoms with van der Waals surface area (Å²) in [4.78, 5) is 25.9. The lowest BCUT2D eigenvalue weighted by atomic mass is 9.88. The largest absolute Gasteiger partial charge is 0.386 e. The predicted octanol–water partition coefficient (Wildman–Crippen LogP) is 2.49. The molecule has 0 bridgehead atoms. The molecule has 1 saturated heterocycles. The van der Waals surface area contributed by atoms with Crippen LogP contribution in [0.3, 0.4) is 0 Å². The van der Waals surface area contributed by atoms with E-state index in [0.717, 1.165) is 31.4 Å². The number of benzene rings is 1. The number of likely N-dealkylation sites (N-methyl/N-ethyl adjacent to an activating group) is 1. The van der Waals surface area contributed by atoms with Crippen LogP contribution in [0.2, 0.25) is 0 Å². The summed E-state index contributed by atoms with van der Waals surface area (Å²) in [7, 11) is 0. The van der Waals surface area contributed by atoms with Crippen molar-refractivity contribution in [1.29, 1.82) is 0 Å². The first-order chi connectivity index (χ1) is 12.6. The second kappa shape index (κ2) is 8.64. The van der Waals surface area contributed by atoms with Crippen LogP contribution in [-0.2, 0) is 14.3 Å². The van der Waals surface area contributed by atoms with Crippen LogP contribution in [0.5, 0.6) is 0 Å². The lowest BCUT2D eigenvalue weighted by Crippen LogP contribution is -2.51. The Morgan fingerprint density at radius 2 is 1.96 bits per heavy atom. The molecular weight excluding hydrogens is 332 g/mol. The number of nitrogens with zero attached hydrogens (tertiary/aromatic N) is 1. The standard InChI is InChI=1S/C20H28N2O4/c1-2-22-17(12-26-13-18(22)23)19(24)14-8-10-16(11-9-14)21-20(25)15-6-4-3-5-7-15/h8-11,15,17,19,24H,2-7,12-13H2,1H3,(H,21,25)/t17-,19-/m1/s1. The zero-order valence-corrected chi connectivity index (χ0v) is 15.3. The van der Waals surface area contributed by atoms with Crippen molar-refractivity contribution in [2.45, 2.75) is 51.2 Å². The van der Waals surface area contributed by atoms with Gasteiger partial charge in [-0.3, -0.25) is 9.59 Å². The van der Waals surface area contributed by atoms with Gasteiger partial charge in [-0.25, -0.2) is 0 Å². The van der Waals surface area contributed by atoms with Gasteiger partial charge in [0.1, 0.15) is 12.7 Å². The highest BCUT2D eigenvalue weighted by Gasteiger charge is 2.33. The molecule has 1 aromatic carbocycles. The first-order valence-corrected chi connectivity index (χ1v) is 9.56. The Kier molecular flexibility index (Phi) is 6.27. The van der Waals surface area contributed by atoms with Gasteiger partial charge >= 0.3 is 0 Å². The number of carbonyl (C=O) groups excluding carboxylic acids is 2. The smallest absolute Gasteiger partial charge is 0.248 e. The Bertz CT molecular complexity index is 625. The summed E-state index contributed by atoms with van der Waals surface area (Å²) in [6.07, 6.45) is 4.58. The molecule has 1 saturated carbocycles. The van der Waals surface area contributed by atoms with Crippen LogP contribution in [0.4, 0.5) is 5.69 Å². The quantitative estimate of drug-likeness (QED) is 0.846. The highest BCUT2D eigenvalue weighted by molar-refractivity contribution is 5.92. The summed E-state index contributed by atoms with van der Waals surface area (Å²) in [6.45, 7) is 2.83. The molecule has 0 radical (unpaired) electrons. The van der Waals surface area contributed by atoms with Gasteiger partial charge in [0, 0.05) is 18.2 Å². The lowest BCUT2D eigenvalue weighted by molar-refractivity contribution is -0.153. The fraction of sp³-hybridized carbons (Fsp3) is 0.600. The molecule has 2 N–H and O–H groups in total. The van der Waals surface area contributed by atoms with E-state index in [4.69, 9.17) is 4.74 Å². The van der Waals surface area contributed by atoms with Crippen molar-refractivity contribution in [1.82, 2.24) is 4.90 Å². The predicted molar refractivity (Wildman–Crippen MR) is 98.6 cm³/mol. The number of carbonyl (C=O) groups is 2. The molecule has 2 atom stereocenters. The van der Waals surface area contributed by atoms with Crippen LogP contribution >= 0.6 is 0 Å². The van der Waals surface area contributed by atoms with Crippen molar-refractivity contribution in [3.8, 4) is 0 Å². The Morgan fingerprint density at radius 1 is 1.27 bits per heavy atom. The fourth-order valence-electron chi connectivity index (χ4n) is 3.89. The summed E-state index contributed by atoms with van der Waals surface area (Å²) in [5, 5.41) is 13.7. The fourth-order valence-corrected chi connectivity index (χ4v) is 3.89. The minimum absolute atomic E-state index is 0.0726. The van der Waals surface area contributed by atoms with Gasteiger partial charge in [0.05, 0.1) is 12.6 Å². The van der Waals surface area contributed by atoms with Gasteiger partial charge in [0.2, 0.25) is 11.8 Å². The third kappa shape index (κ3) is 4.24. The molecule has 2 aliphatic rings. The molecule has 6 heteroatoms. The summed E-state index contributed by atoms with van der Waals surface area (Å²) in [5.74, 6) is 0.0955. The Morgan fingerprint density at radius 3 is 2.62 bits per heavy atom. The molecule has 2 fully saturated rings. The van der Waals surface area contributed by atoms with E-state index >= 15 is 0 Å². The molecule has 0 unspecified atom stereocenters. The van der Waals surface area contributed by atoms with Crippen molar-refractivity contribution in [2.24, 2.45) is 5.92 Å². The molecule has 1 heterocycles. The average Bonchev–Trinajstić information content (AvgIpc) is 2.68. The Balaban J connectivity index is 1.63. The monoisotopic (exact) mass is 360 g/mol. The molecule has 1 aromatic rings. The summed E-state index contributed by atoms with van der Waals surface area (Å²) in [6, 6.07) is 6.83. The number of hydrogen-bond acceptors (Lipinski definition) is 4. The number of anilines is 1. The minimum atomic E-state index is -0.817. The number of aliphatic hydroxyl groups is 1. The van der Waals surface area contributed by atoms with Crippen molar-refractivity contribution in [3.63, 3.8) is 0 Å². The maximum Gasteiger partial charge on any atom is 0.248 e.